The number of alkyl halides is 1. The van der Waals surface area contributed by atoms with Crippen molar-refractivity contribution in [1.29, 1.82) is 0 Å². The summed E-state index contributed by atoms with van der Waals surface area (Å²) >= 11 is 7.60. The molecule has 3 rings (SSSR count). The SMILES string of the molecule is CCCC(Cl)c1noc(-c2cc3ccc(F)cc3s2)n1. The molecule has 1 atom stereocenters. The summed E-state index contributed by atoms with van der Waals surface area (Å²) in [7, 11) is 0. The van der Waals surface area contributed by atoms with Crippen molar-refractivity contribution in [3.63, 3.8) is 0 Å². The third-order valence-corrected chi connectivity index (χ3v) is 4.46. The summed E-state index contributed by atoms with van der Waals surface area (Å²) in [6.07, 6.45) is 1.76. The predicted molar refractivity (Wildman–Crippen MR) is 78.6 cm³/mol. The van der Waals surface area contributed by atoms with Crippen LogP contribution in [0.2, 0.25) is 0 Å². The molecule has 0 fully saturated rings. The number of halogens is 2. The highest BCUT2D eigenvalue weighted by Crippen LogP contribution is 2.34. The van der Waals surface area contributed by atoms with Crippen LogP contribution in [0.4, 0.5) is 4.39 Å². The van der Waals surface area contributed by atoms with E-state index in [1.807, 2.05) is 6.07 Å². The number of hydrogen-bond acceptors (Lipinski definition) is 4. The molecule has 0 amide bonds. The number of nitrogens with zero attached hydrogens (tertiary/aromatic N) is 2. The Labute approximate surface area is 124 Å². The van der Waals surface area contributed by atoms with Crippen LogP contribution in [0.5, 0.6) is 0 Å². The van der Waals surface area contributed by atoms with E-state index in [0.29, 0.717) is 11.7 Å². The van der Waals surface area contributed by atoms with E-state index in [1.165, 1.54) is 23.5 Å². The highest BCUT2D eigenvalue weighted by Gasteiger charge is 2.17. The molecule has 0 bridgehead atoms. The molecule has 0 aliphatic rings. The quantitative estimate of drug-likeness (QED) is 0.624. The summed E-state index contributed by atoms with van der Waals surface area (Å²) in [5.74, 6) is 0.691. The topological polar surface area (TPSA) is 38.9 Å². The maximum atomic E-state index is 13.2. The van der Waals surface area contributed by atoms with Crippen molar-refractivity contribution >= 4 is 33.0 Å². The third-order valence-electron chi connectivity index (χ3n) is 2.96. The third kappa shape index (κ3) is 2.55. The molecule has 0 saturated heterocycles. The van der Waals surface area contributed by atoms with Gasteiger partial charge in [-0.2, -0.15) is 4.98 Å². The van der Waals surface area contributed by atoms with Crippen LogP contribution in [-0.2, 0) is 0 Å². The Bertz CT molecular complexity index is 740. The fourth-order valence-electron chi connectivity index (χ4n) is 1.96. The van der Waals surface area contributed by atoms with E-state index in [4.69, 9.17) is 16.1 Å². The average molecular weight is 311 g/mol. The molecular formula is C14H12ClFN2OS. The minimum Gasteiger partial charge on any atom is -0.333 e. The molecule has 1 aromatic carbocycles. The lowest BCUT2D eigenvalue weighted by Crippen LogP contribution is -1.92. The molecule has 6 heteroatoms. The number of hydrogen-bond donors (Lipinski definition) is 0. The summed E-state index contributed by atoms with van der Waals surface area (Å²) in [4.78, 5) is 5.15. The van der Waals surface area contributed by atoms with Crippen LogP contribution in [0.25, 0.3) is 20.9 Å². The smallest absolute Gasteiger partial charge is 0.268 e. The number of thiophene rings is 1. The Morgan fingerprint density at radius 1 is 1.40 bits per heavy atom. The van der Waals surface area contributed by atoms with E-state index in [9.17, 15) is 4.39 Å². The number of rotatable bonds is 4. The standard InChI is InChI=1S/C14H12ClFN2OS/c1-2-3-10(15)13-17-14(19-18-13)12-6-8-4-5-9(16)7-11(8)20-12/h4-7,10H,2-3H2,1H3. The highest BCUT2D eigenvalue weighted by atomic mass is 35.5. The molecule has 2 heterocycles. The molecule has 2 aromatic heterocycles. The summed E-state index contributed by atoms with van der Waals surface area (Å²) < 4.78 is 19.3. The predicted octanol–water partition coefficient (Wildman–Crippen LogP) is 5.17. The van der Waals surface area contributed by atoms with E-state index in [2.05, 4.69) is 17.1 Å². The van der Waals surface area contributed by atoms with Crippen molar-refractivity contribution in [2.75, 3.05) is 0 Å². The van der Waals surface area contributed by atoms with Crippen LogP contribution >= 0.6 is 22.9 Å². The Hall–Kier alpha value is -1.46. The number of aromatic nitrogens is 2. The first-order valence-corrected chi connectivity index (χ1v) is 7.60. The monoisotopic (exact) mass is 310 g/mol. The van der Waals surface area contributed by atoms with Crippen molar-refractivity contribution in [2.24, 2.45) is 0 Å². The van der Waals surface area contributed by atoms with Gasteiger partial charge >= 0.3 is 0 Å². The van der Waals surface area contributed by atoms with Crippen LogP contribution in [0.3, 0.4) is 0 Å². The second-order valence-corrected chi connectivity index (χ2v) is 6.12. The van der Waals surface area contributed by atoms with Gasteiger partial charge in [0.1, 0.15) is 5.82 Å². The summed E-state index contributed by atoms with van der Waals surface area (Å²) in [5.41, 5.74) is 0. The van der Waals surface area contributed by atoms with E-state index in [0.717, 1.165) is 27.8 Å². The lowest BCUT2D eigenvalue weighted by molar-refractivity contribution is 0.421. The molecule has 0 saturated carbocycles. The Morgan fingerprint density at radius 3 is 3.05 bits per heavy atom. The maximum absolute atomic E-state index is 13.2. The first-order chi connectivity index (χ1) is 9.67. The van der Waals surface area contributed by atoms with Gasteiger partial charge in [-0.1, -0.05) is 24.6 Å². The van der Waals surface area contributed by atoms with Crippen molar-refractivity contribution < 1.29 is 8.91 Å². The van der Waals surface area contributed by atoms with Gasteiger partial charge in [0.2, 0.25) is 0 Å². The van der Waals surface area contributed by atoms with Gasteiger partial charge in [-0.05, 0) is 30.0 Å². The Kier molecular flexibility index (Phi) is 3.72. The molecule has 3 nitrogen and oxygen atoms in total. The van der Waals surface area contributed by atoms with Gasteiger partial charge in [-0.25, -0.2) is 4.39 Å². The molecule has 0 radical (unpaired) electrons. The van der Waals surface area contributed by atoms with Crippen molar-refractivity contribution in [1.82, 2.24) is 10.1 Å². The number of benzene rings is 1. The normalized spacial score (nSPS) is 12.9. The second kappa shape index (κ2) is 5.50. The van der Waals surface area contributed by atoms with Crippen molar-refractivity contribution in [3.05, 3.63) is 35.9 Å². The summed E-state index contributed by atoms with van der Waals surface area (Å²) in [6, 6.07) is 6.60. The molecule has 0 aliphatic carbocycles. The van der Waals surface area contributed by atoms with E-state index < -0.39 is 0 Å². The molecule has 0 aliphatic heterocycles. The first kappa shape index (κ1) is 13.5. The van der Waals surface area contributed by atoms with Crippen molar-refractivity contribution in [3.8, 4) is 10.8 Å². The minimum atomic E-state index is -0.249. The van der Waals surface area contributed by atoms with E-state index in [1.54, 1.807) is 6.07 Å². The zero-order valence-corrected chi connectivity index (χ0v) is 12.3. The maximum Gasteiger partial charge on any atom is 0.268 e. The summed E-state index contributed by atoms with van der Waals surface area (Å²) in [5, 5.41) is 4.64. The summed E-state index contributed by atoms with van der Waals surface area (Å²) in [6.45, 7) is 2.05. The molecule has 0 N–H and O–H groups in total. The molecule has 1 unspecified atom stereocenters. The molecule has 0 spiro atoms. The molecule has 104 valence electrons. The van der Waals surface area contributed by atoms with Crippen LogP contribution in [0.1, 0.15) is 31.0 Å². The van der Waals surface area contributed by atoms with Gasteiger partial charge in [0.05, 0.1) is 10.3 Å². The minimum absolute atomic E-state index is 0.232. The Balaban J connectivity index is 1.94. The lowest BCUT2D eigenvalue weighted by atomic mass is 10.2. The second-order valence-electron chi connectivity index (χ2n) is 4.51. The van der Waals surface area contributed by atoms with Crippen LogP contribution < -0.4 is 0 Å². The van der Waals surface area contributed by atoms with Gasteiger partial charge in [0.15, 0.2) is 5.82 Å². The fraction of sp³-hybridized carbons (Fsp3) is 0.286. The van der Waals surface area contributed by atoms with Crippen LogP contribution in [-0.4, -0.2) is 10.1 Å². The zero-order valence-electron chi connectivity index (χ0n) is 10.8. The van der Waals surface area contributed by atoms with Crippen molar-refractivity contribution in [2.45, 2.75) is 25.1 Å². The Morgan fingerprint density at radius 2 is 2.25 bits per heavy atom. The zero-order chi connectivity index (χ0) is 14.1. The van der Waals surface area contributed by atoms with E-state index in [-0.39, 0.29) is 11.2 Å². The largest absolute Gasteiger partial charge is 0.333 e. The highest BCUT2D eigenvalue weighted by molar-refractivity contribution is 7.22. The number of fused-ring (bicyclic) bond motifs is 1. The van der Waals surface area contributed by atoms with Gasteiger partial charge in [0, 0.05) is 4.70 Å². The van der Waals surface area contributed by atoms with Gasteiger partial charge in [-0.15, -0.1) is 22.9 Å². The first-order valence-electron chi connectivity index (χ1n) is 6.34. The molecule has 3 aromatic rings. The van der Waals surface area contributed by atoms with Gasteiger partial charge in [0.25, 0.3) is 5.89 Å². The van der Waals surface area contributed by atoms with Gasteiger partial charge in [-0.3, -0.25) is 0 Å². The molecular weight excluding hydrogens is 299 g/mol. The van der Waals surface area contributed by atoms with Crippen LogP contribution in [0, 0.1) is 5.82 Å². The van der Waals surface area contributed by atoms with E-state index >= 15 is 0 Å². The van der Waals surface area contributed by atoms with Crippen LogP contribution in [0.15, 0.2) is 28.8 Å². The fourth-order valence-corrected chi connectivity index (χ4v) is 3.27. The molecule has 20 heavy (non-hydrogen) atoms. The lowest BCUT2D eigenvalue weighted by Gasteiger charge is -1.99. The average Bonchev–Trinajstić information content (AvgIpc) is 3.04. The van der Waals surface area contributed by atoms with Gasteiger partial charge < -0.3 is 4.52 Å².